The monoisotopic (exact) mass is 372 g/mol. The van der Waals surface area contributed by atoms with Gasteiger partial charge in [-0.05, 0) is 52.2 Å². The molecule has 0 fully saturated rings. The van der Waals surface area contributed by atoms with Crippen LogP contribution in [0.1, 0.15) is 28.9 Å². The fourth-order valence-corrected chi connectivity index (χ4v) is 3.93. The molecule has 0 spiro atoms. The summed E-state index contributed by atoms with van der Waals surface area (Å²) in [6.07, 6.45) is -0.190. The zero-order chi connectivity index (χ0) is 19.1. The number of rotatable bonds is 2. The van der Waals surface area contributed by atoms with Crippen molar-refractivity contribution in [3.63, 3.8) is 0 Å². The highest BCUT2D eigenvalue weighted by atomic mass is 19.1. The molecule has 28 heavy (non-hydrogen) atoms. The van der Waals surface area contributed by atoms with Crippen molar-refractivity contribution in [1.82, 2.24) is 5.32 Å². The van der Waals surface area contributed by atoms with Crippen LogP contribution in [0.2, 0.25) is 0 Å². The lowest BCUT2D eigenvalue weighted by Gasteiger charge is -2.36. The average Bonchev–Trinajstić information content (AvgIpc) is 2.74. The van der Waals surface area contributed by atoms with Crippen molar-refractivity contribution < 1.29 is 8.78 Å². The van der Waals surface area contributed by atoms with Gasteiger partial charge in [0, 0.05) is 11.3 Å². The van der Waals surface area contributed by atoms with E-state index in [4.69, 9.17) is 0 Å². The molecule has 1 aliphatic heterocycles. The van der Waals surface area contributed by atoms with Gasteiger partial charge in [-0.1, -0.05) is 54.6 Å². The number of anilines is 1. The first-order chi connectivity index (χ1) is 13.7. The van der Waals surface area contributed by atoms with E-state index in [9.17, 15) is 8.78 Å². The molecule has 0 saturated carbocycles. The summed E-state index contributed by atoms with van der Waals surface area (Å²) in [5, 5.41) is 9.44. The average molecular weight is 372 g/mol. The Labute approximate surface area is 161 Å². The van der Waals surface area contributed by atoms with E-state index in [2.05, 4.69) is 34.9 Å². The van der Waals surface area contributed by atoms with Crippen LogP contribution < -0.4 is 10.6 Å². The molecule has 2 unspecified atom stereocenters. The van der Waals surface area contributed by atoms with Crippen LogP contribution in [-0.4, -0.2) is 0 Å². The van der Waals surface area contributed by atoms with Gasteiger partial charge in [-0.25, -0.2) is 8.78 Å². The molecule has 2 N–H and O–H groups in total. The summed E-state index contributed by atoms with van der Waals surface area (Å²) >= 11 is 0. The maximum Gasteiger partial charge on any atom is 0.123 e. The highest BCUT2D eigenvalue weighted by Crippen LogP contribution is 2.40. The van der Waals surface area contributed by atoms with Crippen molar-refractivity contribution in [3.8, 4) is 0 Å². The zero-order valence-electron chi connectivity index (χ0n) is 15.0. The standard InChI is InChI=1S/C24H18F2N2/c25-18-10-5-16(6-11-18)23-22-20-4-2-1-3-15(20)9-14-21(22)27-24(28-23)17-7-12-19(26)13-8-17/h1-14,23-24,27-28H. The first-order valence-corrected chi connectivity index (χ1v) is 9.24. The summed E-state index contributed by atoms with van der Waals surface area (Å²) in [7, 11) is 0. The van der Waals surface area contributed by atoms with Crippen molar-refractivity contribution in [2.45, 2.75) is 12.2 Å². The van der Waals surface area contributed by atoms with E-state index in [1.807, 2.05) is 24.3 Å². The van der Waals surface area contributed by atoms with E-state index in [0.29, 0.717) is 0 Å². The highest BCUT2D eigenvalue weighted by Gasteiger charge is 2.29. The maximum absolute atomic E-state index is 13.5. The van der Waals surface area contributed by atoms with Crippen LogP contribution in [0.4, 0.5) is 14.5 Å². The summed E-state index contributed by atoms with van der Waals surface area (Å²) in [5.41, 5.74) is 4.06. The van der Waals surface area contributed by atoms with E-state index in [1.54, 1.807) is 12.1 Å². The Morgan fingerprint density at radius 2 is 1.29 bits per heavy atom. The van der Waals surface area contributed by atoms with Crippen molar-refractivity contribution in [2.24, 2.45) is 0 Å². The van der Waals surface area contributed by atoms with Crippen molar-refractivity contribution in [1.29, 1.82) is 0 Å². The Kier molecular flexibility index (Phi) is 4.06. The fourth-order valence-electron chi connectivity index (χ4n) is 3.93. The third kappa shape index (κ3) is 2.92. The van der Waals surface area contributed by atoms with Gasteiger partial charge >= 0.3 is 0 Å². The SMILES string of the molecule is Fc1ccc(C2Nc3ccc4ccccc4c3C(c3ccc(F)cc3)N2)cc1. The van der Waals surface area contributed by atoms with E-state index in [0.717, 1.165) is 33.2 Å². The molecule has 4 aromatic rings. The molecular formula is C24H18F2N2. The van der Waals surface area contributed by atoms with Gasteiger partial charge in [0.05, 0.1) is 6.04 Å². The molecule has 0 amide bonds. The lowest BCUT2D eigenvalue weighted by molar-refractivity contribution is 0.507. The minimum absolute atomic E-state index is 0.127. The van der Waals surface area contributed by atoms with Crippen LogP contribution >= 0.6 is 0 Å². The molecule has 2 atom stereocenters. The van der Waals surface area contributed by atoms with Crippen LogP contribution in [0.3, 0.4) is 0 Å². The zero-order valence-corrected chi connectivity index (χ0v) is 15.0. The second-order valence-electron chi connectivity index (χ2n) is 7.03. The van der Waals surface area contributed by atoms with Crippen molar-refractivity contribution in [2.75, 3.05) is 5.32 Å². The maximum atomic E-state index is 13.5. The van der Waals surface area contributed by atoms with Gasteiger partial charge in [0.2, 0.25) is 0 Å². The molecule has 0 radical (unpaired) electrons. The smallest absolute Gasteiger partial charge is 0.123 e. The summed E-state index contributed by atoms with van der Waals surface area (Å²) < 4.78 is 26.9. The lowest BCUT2D eigenvalue weighted by atomic mass is 9.89. The molecule has 2 nitrogen and oxygen atoms in total. The Bertz CT molecular complexity index is 1140. The number of halogens is 2. The molecule has 5 rings (SSSR count). The molecular weight excluding hydrogens is 354 g/mol. The van der Waals surface area contributed by atoms with Gasteiger partial charge in [-0.15, -0.1) is 0 Å². The molecule has 1 heterocycles. The Morgan fingerprint density at radius 1 is 0.643 bits per heavy atom. The van der Waals surface area contributed by atoms with Gasteiger partial charge in [-0.2, -0.15) is 0 Å². The molecule has 138 valence electrons. The van der Waals surface area contributed by atoms with Crippen molar-refractivity contribution in [3.05, 3.63) is 113 Å². The van der Waals surface area contributed by atoms with E-state index in [1.165, 1.54) is 24.3 Å². The van der Waals surface area contributed by atoms with Crippen LogP contribution in [0.5, 0.6) is 0 Å². The van der Waals surface area contributed by atoms with E-state index >= 15 is 0 Å². The molecule has 0 aromatic heterocycles. The van der Waals surface area contributed by atoms with Crippen LogP contribution in [0.15, 0.2) is 84.9 Å². The van der Waals surface area contributed by atoms with E-state index < -0.39 is 0 Å². The van der Waals surface area contributed by atoms with Gasteiger partial charge in [-0.3, -0.25) is 5.32 Å². The Morgan fingerprint density at radius 3 is 2.00 bits per heavy atom. The largest absolute Gasteiger partial charge is 0.366 e. The Hall–Kier alpha value is -3.24. The lowest BCUT2D eigenvalue weighted by Crippen LogP contribution is -2.37. The van der Waals surface area contributed by atoms with Crippen LogP contribution in [-0.2, 0) is 0 Å². The van der Waals surface area contributed by atoms with Gasteiger partial charge in [0.25, 0.3) is 0 Å². The minimum atomic E-state index is -0.263. The second kappa shape index (κ2) is 6.73. The topological polar surface area (TPSA) is 24.1 Å². The Balaban J connectivity index is 1.67. The first kappa shape index (κ1) is 16.9. The fraction of sp³-hybridized carbons (Fsp3) is 0.0833. The molecule has 1 aliphatic rings. The molecule has 0 saturated heterocycles. The van der Waals surface area contributed by atoms with Crippen molar-refractivity contribution >= 4 is 16.5 Å². The van der Waals surface area contributed by atoms with Crippen LogP contribution in [0.25, 0.3) is 10.8 Å². The minimum Gasteiger partial charge on any atom is -0.366 e. The molecule has 0 aliphatic carbocycles. The number of fused-ring (bicyclic) bond motifs is 3. The summed E-state index contributed by atoms with van der Waals surface area (Å²) in [4.78, 5) is 0. The van der Waals surface area contributed by atoms with Gasteiger partial charge in [0.15, 0.2) is 0 Å². The third-order valence-corrected chi connectivity index (χ3v) is 5.30. The highest BCUT2D eigenvalue weighted by molar-refractivity contribution is 5.91. The molecule has 0 bridgehead atoms. The number of nitrogens with one attached hydrogen (secondary N) is 2. The predicted octanol–water partition coefficient (Wildman–Crippen LogP) is 5.92. The second-order valence-corrected chi connectivity index (χ2v) is 7.03. The molecule has 4 aromatic carbocycles. The van der Waals surface area contributed by atoms with E-state index in [-0.39, 0.29) is 23.8 Å². The van der Waals surface area contributed by atoms with Crippen LogP contribution in [0, 0.1) is 11.6 Å². The quantitative estimate of drug-likeness (QED) is 0.456. The third-order valence-electron chi connectivity index (χ3n) is 5.30. The summed E-state index contributed by atoms with van der Waals surface area (Å²) in [6.45, 7) is 0. The van der Waals surface area contributed by atoms with Gasteiger partial charge in [0.1, 0.15) is 17.8 Å². The first-order valence-electron chi connectivity index (χ1n) is 9.24. The molecule has 4 heteroatoms. The number of benzene rings is 4. The normalized spacial score (nSPS) is 18.5. The number of hydrogen-bond donors (Lipinski definition) is 2. The van der Waals surface area contributed by atoms with Gasteiger partial charge < -0.3 is 5.32 Å². The predicted molar refractivity (Wildman–Crippen MR) is 108 cm³/mol. The summed E-state index contributed by atoms with van der Waals surface area (Å²) in [6, 6.07) is 25.3. The summed E-state index contributed by atoms with van der Waals surface area (Å²) in [5.74, 6) is -0.521. The number of hydrogen-bond acceptors (Lipinski definition) is 2.